The van der Waals surface area contributed by atoms with E-state index in [9.17, 15) is 9.59 Å². The molecule has 1 heterocycles. The maximum atomic E-state index is 12.9. The molecule has 1 aliphatic heterocycles. The first-order valence-corrected chi connectivity index (χ1v) is 12.1. The maximum Gasteiger partial charge on any atom is 0.340 e. The molecule has 0 bridgehead atoms. The zero-order valence-electron chi connectivity index (χ0n) is 17.6. The number of nitrogens with two attached hydrogens (primary N) is 1. The fourth-order valence-corrected chi connectivity index (χ4v) is 5.69. The molecule has 2 N–H and O–H groups in total. The van der Waals surface area contributed by atoms with Gasteiger partial charge in [0.1, 0.15) is 23.7 Å². The van der Waals surface area contributed by atoms with Crippen molar-refractivity contribution in [3.8, 4) is 5.75 Å². The summed E-state index contributed by atoms with van der Waals surface area (Å²) in [6.45, 7) is 0.265. The van der Waals surface area contributed by atoms with Crippen molar-refractivity contribution in [2.75, 3.05) is 7.11 Å². The van der Waals surface area contributed by atoms with E-state index in [2.05, 4.69) is 31.9 Å². The van der Waals surface area contributed by atoms with Crippen LogP contribution in [0.4, 0.5) is 0 Å². The first-order chi connectivity index (χ1) is 15.8. The molecule has 0 amide bonds. The lowest BCUT2D eigenvalue weighted by Crippen LogP contribution is -2.31. The van der Waals surface area contributed by atoms with Crippen LogP contribution in [-0.2, 0) is 25.7 Å². The van der Waals surface area contributed by atoms with E-state index in [1.807, 2.05) is 30.3 Å². The SMILES string of the molecule is COC(=O)C1=C(N)OC2=C(C(=O)CCC2)[C@H]1c1cc(Br)c(OCc2ccccc2Cl)c(Br)c1. The summed E-state index contributed by atoms with van der Waals surface area (Å²) in [6.07, 6.45) is 1.63. The highest BCUT2D eigenvalue weighted by molar-refractivity contribution is 9.11. The predicted molar refractivity (Wildman–Crippen MR) is 131 cm³/mol. The van der Waals surface area contributed by atoms with E-state index in [1.54, 1.807) is 6.07 Å². The number of ketones is 1. The molecule has 33 heavy (non-hydrogen) atoms. The van der Waals surface area contributed by atoms with Crippen LogP contribution in [0.25, 0.3) is 0 Å². The third-order valence-electron chi connectivity index (χ3n) is 5.57. The van der Waals surface area contributed by atoms with Crippen molar-refractivity contribution in [3.05, 3.63) is 84.3 Å². The van der Waals surface area contributed by atoms with Crippen molar-refractivity contribution >= 4 is 55.2 Å². The average Bonchev–Trinajstić information content (AvgIpc) is 2.78. The molecule has 0 unspecified atom stereocenters. The Balaban J connectivity index is 1.75. The number of allylic oxidation sites excluding steroid dienone is 2. The van der Waals surface area contributed by atoms with Crippen LogP contribution in [0.15, 0.2) is 68.1 Å². The molecule has 2 aliphatic rings. The Bertz CT molecular complexity index is 1180. The molecule has 9 heteroatoms. The smallest absolute Gasteiger partial charge is 0.340 e. The fraction of sp³-hybridized carbons (Fsp3) is 0.250. The van der Waals surface area contributed by atoms with Gasteiger partial charge in [0.25, 0.3) is 0 Å². The molecule has 6 nitrogen and oxygen atoms in total. The summed E-state index contributed by atoms with van der Waals surface area (Å²) in [5.74, 6) is -0.403. The van der Waals surface area contributed by atoms with Gasteiger partial charge >= 0.3 is 5.97 Å². The molecule has 1 atom stereocenters. The van der Waals surface area contributed by atoms with E-state index in [4.69, 9.17) is 31.5 Å². The Hall–Kier alpha value is -2.29. The maximum absolute atomic E-state index is 12.9. The number of methoxy groups -OCH3 is 1. The number of hydrogen-bond acceptors (Lipinski definition) is 6. The Kier molecular flexibility index (Phi) is 7.16. The van der Waals surface area contributed by atoms with Gasteiger partial charge in [-0.15, -0.1) is 0 Å². The topological polar surface area (TPSA) is 87.9 Å². The van der Waals surface area contributed by atoms with Crippen molar-refractivity contribution in [1.29, 1.82) is 0 Å². The van der Waals surface area contributed by atoms with Crippen molar-refractivity contribution in [2.24, 2.45) is 5.73 Å². The lowest BCUT2D eigenvalue weighted by molar-refractivity contribution is -0.136. The molecule has 1 aliphatic carbocycles. The Labute approximate surface area is 213 Å². The van der Waals surface area contributed by atoms with Crippen LogP contribution in [0.5, 0.6) is 5.75 Å². The van der Waals surface area contributed by atoms with Gasteiger partial charge in [-0.05, 0) is 62.0 Å². The second-order valence-electron chi connectivity index (χ2n) is 7.61. The summed E-state index contributed by atoms with van der Waals surface area (Å²) in [6, 6.07) is 11.1. The first-order valence-electron chi connectivity index (χ1n) is 10.2. The number of benzene rings is 2. The lowest BCUT2D eigenvalue weighted by Gasteiger charge is -2.32. The Morgan fingerprint density at radius 2 is 1.91 bits per heavy atom. The van der Waals surface area contributed by atoms with E-state index in [1.165, 1.54) is 7.11 Å². The molecule has 2 aromatic carbocycles. The third-order valence-corrected chi connectivity index (χ3v) is 7.12. The number of carbonyl (C=O) groups excluding carboxylic acids is 2. The van der Waals surface area contributed by atoms with Gasteiger partial charge in [-0.3, -0.25) is 4.79 Å². The van der Waals surface area contributed by atoms with Gasteiger partial charge in [-0.25, -0.2) is 4.79 Å². The van der Waals surface area contributed by atoms with E-state index in [0.29, 0.717) is 55.9 Å². The summed E-state index contributed by atoms with van der Waals surface area (Å²) < 4.78 is 17.9. The standard InChI is InChI=1S/C24H20Br2ClNO5/c1-31-24(30)21-19(20-17(29)7-4-8-18(20)33-23(21)28)13-9-14(25)22(15(26)10-13)32-11-12-5-2-3-6-16(12)27/h2-3,5-6,9-10,19H,4,7-8,11,28H2,1H3/t19-/m1/s1. The summed E-state index contributed by atoms with van der Waals surface area (Å²) in [5.41, 5.74) is 8.19. The highest BCUT2D eigenvalue weighted by Gasteiger charge is 2.41. The lowest BCUT2D eigenvalue weighted by atomic mass is 9.77. The van der Waals surface area contributed by atoms with Crippen molar-refractivity contribution in [3.63, 3.8) is 0 Å². The molecule has 0 fully saturated rings. The van der Waals surface area contributed by atoms with Crippen LogP contribution < -0.4 is 10.5 Å². The summed E-state index contributed by atoms with van der Waals surface area (Å²) in [4.78, 5) is 25.5. The van der Waals surface area contributed by atoms with Crippen molar-refractivity contribution in [2.45, 2.75) is 31.8 Å². The summed E-state index contributed by atoms with van der Waals surface area (Å²) in [5, 5.41) is 0.613. The van der Waals surface area contributed by atoms with Gasteiger partial charge in [-0.2, -0.15) is 0 Å². The number of Topliss-reactive ketones (excluding diaryl/α,β-unsaturated/α-hetero) is 1. The zero-order valence-corrected chi connectivity index (χ0v) is 21.6. The van der Waals surface area contributed by atoms with Gasteiger partial charge in [0.15, 0.2) is 5.78 Å². The highest BCUT2D eigenvalue weighted by Crippen LogP contribution is 2.47. The van der Waals surface area contributed by atoms with Crippen molar-refractivity contribution in [1.82, 2.24) is 0 Å². The second-order valence-corrected chi connectivity index (χ2v) is 9.73. The largest absolute Gasteiger partial charge is 0.486 e. The molecule has 2 aromatic rings. The quantitative estimate of drug-likeness (QED) is 0.432. The fourth-order valence-electron chi connectivity index (χ4n) is 4.05. The number of halogens is 3. The molecular formula is C24H20Br2ClNO5. The molecule has 0 saturated heterocycles. The van der Waals surface area contributed by atoms with E-state index < -0.39 is 11.9 Å². The van der Waals surface area contributed by atoms with Gasteiger partial charge < -0.3 is 19.9 Å². The van der Waals surface area contributed by atoms with Crippen LogP contribution in [0, 0.1) is 0 Å². The molecule has 172 valence electrons. The van der Waals surface area contributed by atoms with Gasteiger partial charge in [0, 0.05) is 29.0 Å². The van der Waals surface area contributed by atoms with Crippen LogP contribution in [0.3, 0.4) is 0 Å². The number of hydrogen-bond donors (Lipinski definition) is 1. The van der Waals surface area contributed by atoms with Crippen LogP contribution >= 0.6 is 43.5 Å². The normalized spacial score (nSPS) is 18.1. The van der Waals surface area contributed by atoms with Crippen LogP contribution in [0.1, 0.15) is 36.3 Å². The van der Waals surface area contributed by atoms with E-state index in [0.717, 1.165) is 5.56 Å². The Morgan fingerprint density at radius 1 is 1.21 bits per heavy atom. The van der Waals surface area contributed by atoms with Crippen LogP contribution in [0.2, 0.25) is 5.02 Å². The van der Waals surface area contributed by atoms with Crippen LogP contribution in [-0.4, -0.2) is 18.9 Å². The highest BCUT2D eigenvalue weighted by atomic mass is 79.9. The van der Waals surface area contributed by atoms with Crippen molar-refractivity contribution < 1.29 is 23.8 Å². The minimum Gasteiger partial charge on any atom is -0.486 e. The predicted octanol–water partition coefficient (Wildman–Crippen LogP) is 5.91. The van der Waals surface area contributed by atoms with E-state index >= 15 is 0 Å². The van der Waals surface area contributed by atoms with E-state index in [-0.39, 0.29) is 23.8 Å². The molecular weight excluding hydrogens is 578 g/mol. The third kappa shape index (κ3) is 4.69. The number of rotatable bonds is 5. The molecule has 4 rings (SSSR count). The monoisotopic (exact) mass is 595 g/mol. The number of carbonyl (C=O) groups is 2. The number of esters is 1. The molecule has 0 aromatic heterocycles. The molecule has 0 spiro atoms. The summed E-state index contributed by atoms with van der Waals surface area (Å²) in [7, 11) is 1.27. The van der Waals surface area contributed by atoms with Gasteiger partial charge in [-0.1, -0.05) is 29.8 Å². The summed E-state index contributed by atoms with van der Waals surface area (Å²) >= 11 is 13.4. The molecule has 0 saturated carbocycles. The Morgan fingerprint density at radius 3 is 2.58 bits per heavy atom. The minimum atomic E-state index is -0.709. The molecule has 0 radical (unpaired) electrons. The average molecular weight is 598 g/mol. The van der Waals surface area contributed by atoms with Gasteiger partial charge in [0.2, 0.25) is 5.88 Å². The van der Waals surface area contributed by atoms with Gasteiger partial charge in [0.05, 0.1) is 22.0 Å². The second kappa shape index (κ2) is 9.91. The number of ether oxygens (including phenoxy) is 3. The minimum absolute atomic E-state index is 0.0495. The first kappa shape index (κ1) is 23.9. The zero-order chi connectivity index (χ0) is 23.7.